The van der Waals surface area contributed by atoms with E-state index in [1.807, 2.05) is 0 Å². The summed E-state index contributed by atoms with van der Waals surface area (Å²) < 4.78 is 10.0. The van der Waals surface area contributed by atoms with Gasteiger partial charge in [-0.25, -0.2) is 9.59 Å². The van der Waals surface area contributed by atoms with Crippen molar-refractivity contribution in [3.63, 3.8) is 0 Å². The van der Waals surface area contributed by atoms with Gasteiger partial charge in [0.25, 0.3) is 0 Å². The number of hydrogen-bond acceptors (Lipinski definition) is 6. The number of ether oxygens (including phenoxy) is 2. The van der Waals surface area contributed by atoms with E-state index in [4.69, 9.17) is 9.47 Å². The van der Waals surface area contributed by atoms with Crippen molar-refractivity contribution in [3.8, 4) is 0 Å². The fraction of sp³-hybridized carbons (Fsp3) is 0.500. The Kier molecular flexibility index (Phi) is 5.86. The van der Waals surface area contributed by atoms with Crippen LogP contribution in [-0.2, 0) is 19.1 Å². The molecule has 1 aliphatic rings. The minimum atomic E-state index is -1.07. The normalized spacial score (nSPS) is 19.5. The number of nitrogens with zero attached hydrogens (tertiary/aromatic N) is 1. The summed E-state index contributed by atoms with van der Waals surface area (Å²) in [7, 11) is 1.26. The first-order valence-corrected chi connectivity index (χ1v) is 8.27. The van der Waals surface area contributed by atoms with Crippen molar-refractivity contribution in [1.82, 2.24) is 10.2 Å². The van der Waals surface area contributed by atoms with E-state index in [0.29, 0.717) is 11.1 Å². The Balaban J connectivity index is 2.17. The summed E-state index contributed by atoms with van der Waals surface area (Å²) in [5.41, 5.74) is 0.517. The van der Waals surface area contributed by atoms with Gasteiger partial charge in [-0.3, -0.25) is 9.69 Å². The van der Waals surface area contributed by atoms with Gasteiger partial charge in [0, 0.05) is 13.1 Å². The van der Waals surface area contributed by atoms with E-state index in [1.165, 1.54) is 12.0 Å². The van der Waals surface area contributed by atoms with Crippen molar-refractivity contribution in [2.75, 3.05) is 20.2 Å². The molecule has 1 aliphatic heterocycles. The molecule has 1 aromatic rings. The number of rotatable bonds is 5. The average Bonchev–Trinajstić information content (AvgIpc) is 2.86. The predicted molar refractivity (Wildman–Crippen MR) is 92.5 cm³/mol. The number of alkyl carbamates (subject to hydrolysis) is 1. The number of carboxylic acids is 1. The molecule has 1 aromatic carbocycles. The number of esters is 1. The second kappa shape index (κ2) is 7.74. The zero-order valence-corrected chi connectivity index (χ0v) is 15.3. The molecule has 2 atom stereocenters. The second-order valence-corrected chi connectivity index (χ2v) is 6.96. The molecule has 0 aromatic heterocycles. The molecule has 0 bridgehead atoms. The van der Waals surface area contributed by atoms with Crippen LogP contribution in [0.5, 0.6) is 0 Å². The lowest BCUT2D eigenvalue weighted by Crippen LogP contribution is -2.41. The van der Waals surface area contributed by atoms with Crippen LogP contribution in [0.15, 0.2) is 24.3 Å². The van der Waals surface area contributed by atoms with E-state index in [1.54, 1.807) is 45.0 Å². The standard InChI is InChI=1S/C18H24N2O6/c1-18(2,3)26-17(24)19-9-10-20-13(15(21)22)11-7-5-6-8-12(11)14(20)16(23)25-4/h5-8,13-14H,9-10H2,1-4H3,(H,19,24)(H,21,22). The number of fused-ring (bicyclic) bond motifs is 1. The monoisotopic (exact) mass is 364 g/mol. The summed E-state index contributed by atoms with van der Waals surface area (Å²) >= 11 is 0. The zero-order chi connectivity index (χ0) is 19.5. The molecule has 2 rings (SSSR count). The highest BCUT2D eigenvalue weighted by molar-refractivity contribution is 5.85. The number of carboxylic acid groups (broad SMARTS) is 1. The van der Waals surface area contributed by atoms with Gasteiger partial charge in [-0.15, -0.1) is 0 Å². The Labute approximate surface area is 152 Å². The Morgan fingerprint density at radius 2 is 1.73 bits per heavy atom. The molecule has 142 valence electrons. The third-order valence-electron chi connectivity index (χ3n) is 3.95. The lowest BCUT2D eigenvalue weighted by molar-refractivity contribution is -0.151. The summed E-state index contributed by atoms with van der Waals surface area (Å²) in [4.78, 5) is 37.4. The minimum absolute atomic E-state index is 0.125. The molecule has 0 aliphatic carbocycles. The summed E-state index contributed by atoms with van der Waals surface area (Å²) in [6.45, 7) is 5.51. The molecular weight excluding hydrogens is 340 g/mol. The summed E-state index contributed by atoms with van der Waals surface area (Å²) in [5, 5.41) is 12.2. The molecule has 1 heterocycles. The quantitative estimate of drug-likeness (QED) is 0.768. The zero-order valence-electron chi connectivity index (χ0n) is 15.3. The van der Waals surface area contributed by atoms with E-state index < -0.39 is 35.7 Å². The molecule has 0 saturated heterocycles. The fourth-order valence-electron chi connectivity index (χ4n) is 3.02. The van der Waals surface area contributed by atoms with Gasteiger partial charge in [0.2, 0.25) is 0 Å². The lowest BCUT2D eigenvalue weighted by atomic mass is 10.0. The smallest absolute Gasteiger partial charge is 0.407 e. The van der Waals surface area contributed by atoms with Crippen molar-refractivity contribution in [2.45, 2.75) is 38.5 Å². The van der Waals surface area contributed by atoms with Gasteiger partial charge in [-0.05, 0) is 31.9 Å². The summed E-state index contributed by atoms with van der Waals surface area (Å²) in [5.74, 6) is -1.61. The Morgan fingerprint density at radius 1 is 1.15 bits per heavy atom. The van der Waals surface area contributed by atoms with Crippen LogP contribution < -0.4 is 5.32 Å². The largest absolute Gasteiger partial charge is 0.480 e. The third kappa shape index (κ3) is 4.32. The molecule has 2 N–H and O–H groups in total. The van der Waals surface area contributed by atoms with Gasteiger partial charge >= 0.3 is 18.0 Å². The van der Waals surface area contributed by atoms with Crippen molar-refractivity contribution >= 4 is 18.0 Å². The first kappa shape index (κ1) is 19.7. The Morgan fingerprint density at radius 3 is 2.23 bits per heavy atom. The highest BCUT2D eigenvalue weighted by atomic mass is 16.6. The Hall–Kier alpha value is -2.61. The molecule has 8 nitrogen and oxygen atoms in total. The minimum Gasteiger partial charge on any atom is -0.480 e. The maximum atomic E-state index is 12.3. The van der Waals surface area contributed by atoms with Crippen LogP contribution in [0.1, 0.15) is 44.0 Å². The number of nitrogens with one attached hydrogen (secondary N) is 1. The molecule has 0 fully saturated rings. The predicted octanol–water partition coefficient (Wildman–Crippen LogP) is 1.87. The first-order valence-electron chi connectivity index (χ1n) is 8.27. The van der Waals surface area contributed by atoms with E-state index in [2.05, 4.69) is 5.32 Å². The molecule has 8 heteroatoms. The van der Waals surface area contributed by atoms with Gasteiger partial charge in [0.1, 0.15) is 17.7 Å². The van der Waals surface area contributed by atoms with Crippen molar-refractivity contribution in [1.29, 1.82) is 0 Å². The number of carbonyl (C=O) groups is 3. The average molecular weight is 364 g/mol. The first-order chi connectivity index (χ1) is 12.2. The highest BCUT2D eigenvalue weighted by Crippen LogP contribution is 2.42. The van der Waals surface area contributed by atoms with Crippen LogP contribution in [0, 0.1) is 0 Å². The van der Waals surface area contributed by atoms with Crippen LogP contribution in [0.3, 0.4) is 0 Å². The van der Waals surface area contributed by atoms with Gasteiger partial charge in [-0.2, -0.15) is 0 Å². The van der Waals surface area contributed by atoms with E-state index in [0.717, 1.165) is 0 Å². The lowest BCUT2D eigenvalue weighted by Gasteiger charge is -2.27. The van der Waals surface area contributed by atoms with E-state index in [-0.39, 0.29) is 13.1 Å². The van der Waals surface area contributed by atoms with Gasteiger partial charge in [-0.1, -0.05) is 24.3 Å². The number of carbonyl (C=O) groups excluding carboxylic acids is 2. The van der Waals surface area contributed by atoms with E-state index >= 15 is 0 Å². The van der Waals surface area contributed by atoms with Crippen molar-refractivity contribution < 1.29 is 29.0 Å². The Bertz CT molecular complexity index is 697. The van der Waals surface area contributed by atoms with Crippen LogP contribution in [0.25, 0.3) is 0 Å². The third-order valence-corrected chi connectivity index (χ3v) is 3.95. The van der Waals surface area contributed by atoms with Crippen LogP contribution in [0.2, 0.25) is 0 Å². The molecule has 26 heavy (non-hydrogen) atoms. The van der Waals surface area contributed by atoms with Crippen LogP contribution in [0.4, 0.5) is 4.79 Å². The van der Waals surface area contributed by atoms with Gasteiger partial charge in [0.05, 0.1) is 7.11 Å². The van der Waals surface area contributed by atoms with Crippen LogP contribution >= 0.6 is 0 Å². The van der Waals surface area contributed by atoms with Gasteiger partial charge < -0.3 is 19.9 Å². The topological polar surface area (TPSA) is 105 Å². The number of amides is 1. The highest BCUT2D eigenvalue weighted by Gasteiger charge is 2.45. The molecular formula is C18H24N2O6. The van der Waals surface area contributed by atoms with Crippen LogP contribution in [-0.4, -0.2) is 53.8 Å². The molecule has 0 spiro atoms. The summed E-state index contributed by atoms with van der Waals surface area (Å²) in [6, 6.07) is 5.05. The number of aliphatic carboxylic acids is 1. The molecule has 1 amide bonds. The molecule has 2 unspecified atom stereocenters. The van der Waals surface area contributed by atoms with Gasteiger partial charge in [0.15, 0.2) is 0 Å². The van der Waals surface area contributed by atoms with Crippen molar-refractivity contribution in [3.05, 3.63) is 35.4 Å². The number of hydrogen-bond donors (Lipinski definition) is 2. The summed E-state index contributed by atoms with van der Waals surface area (Å²) in [6.07, 6.45) is -0.601. The SMILES string of the molecule is COC(=O)C1c2ccccc2C(C(=O)O)N1CCNC(=O)OC(C)(C)C. The molecule has 0 saturated carbocycles. The second-order valence-electron chi connectivity index (χ2n) is 6.96. The number of methoxy groups -OCH3 is 1. The maximum Gasteiger partial charge on any atom is 0.407 e. The van der Waals surface area contributed by atoms with E-state index in [9.17, 15) is 19.5 Å². The fourth-order valence-corrected chi connectivity index (χ4v) is 3.02. The number of benzene rings is 1. The maximum absolute atomic E-state index is 12.3. The van der Waals surface area contributed by atoms with Crippen molar-refractivity contribution in [2.24, 2.45) is 0 Å². The molecule has 0 radical (unpaired) electrons.